The van der Waals surface area contributed by atoms with Crippen molar-refractivity contribution >= 4 is 46.2 Å². The zero-order valence-electron chi connectivity index (χ0n) is 15.7. The van der Waals surface area contributed by atoms with E-state index in [-0.39, 0.29) is 11.1 Å². The Hall–Kier alpha value is -2.76. The molecule has 0 atom stereocenters. The van der Waals surface area contributed by atoms with Crippen LogP contribution in [0, 0.1) is 0 Å². The predicted octanol–water partition coefficient (Wildman–Crippen LogP) is 5.09. The summed E-state index contributed by atoms with van der Waals surface area (Å²) < 4.78 is 0. The number of carbonyl (C=O) groups excluding carboxylic acids is 1. The molecule has 4 rings (SSSR count). The summed E-state index contributed by atoms with van der Waals surface area (Å²) in [6.45, 7) is 2.83. The van der Waals surface area contributed by atoms with Gasteiger partial charge in [-0.05, 0) is 36.4 Å². The third kappa shape index (κ3) is 4.63. The van der Waals surface area contributed by atoms with Crippen molar-refractivity contribution in [3.05, 3.63) is 82.6 Å². The van der Waals surface area contributed by atoms with Crippen molar-refractivity contribution in [3.8, 4) is 0 Å². The number of benzene rings is 2. The molecule has 148 valence electrons. The number of nitrogens with zero attached hydrogens (tertiary/aromatic N) is 3. The molecule has 2 aromatic carbocycles. The molecule has 29 heavy (non-hydrogen) atoms. The highest BCUT2D eigenvalue weighted by molar-refractivity contribution is 6.33. The van der Waals surface area contributed by atoms with Crippen molar-refractivity contribution in [2.24, 2.45) is 0 Å². The van der Waals surface area contributed by atoms with Gasteiger partial charge in [0.2, 0.25) is 0 Å². The highest BCUT2D eigenvalue weighted by Gasteiger charge is 2.23. The number of halogens is 2. The molecule has 7 heteroatoms. The highest BCUT2D eigenvalue weighted by Crippen LogP contribution is 2.27. The van der Waals surface area contributed by atoms with Crippen LogP contribution in [0.3, 0.4) is 0 Å². The van der Waals surface area contributed by atoms with Gasteiger partial charge in [0.05, 0.1) is 10.7 Å². The minimum absolute atomic E-state index is 0.123. The second kappa shape index (κ2) is 8.72. The van der Waals surface area contributed by atoms with Crippen LogP contribution in [-0.4, -0.2) is 42.0 Å². The fourth-order valence-corrected chi connectivity index (χ4v) is 3.76. The monoisotopic (exact) mass is 426 g/mol. The lowest BCUT2D eigenvalue weighted by Gasteiger charge is -2.36. The summed E-state index contributed by atoms with van der Waals surface area (Å²) in [5.74, 6) is -0.123. The molecule has 1 aliphatic heterocycles. The van der Waals surface area contributed by atoms with Crippen LogP contribution in [0.25, 0.3) is 0 Å². The van der Waals surface area contributed by atoms with Crippen LogP contribution in [0.1, 0.15) is 10.5 Å². The number of hydrogen-bond donors (Lipinski definition) is 1. The summed E-state index contributed by atoms with van der Waals surface area (Å²) in [5.41, 5.74) is 2.91. The summed E-state index contributed by atoms with van der Waals surface area (Å²) in [7, 11) is 0. The number of piperazine rings is 1. The van der Waals surface area contributed by atoms with Crippen molar-refractivity contribution in [2.45, 2.75) is 0 Å². The summed E-state index contributed by atoms with van der Waals surface area (Å²) in [6, 6.07) is 21.0. The van der Waals surface area contributed by atoms with E-state index < -0.39 is 0 Å². The third-order valence-electron chi connectivity index (χ3n) is 4.85. The molecule has 2 heterocycles. The fourth-order valence-electron chi connectivity index (χ4n) is 3.37. The van der Waals surface area contributed by atoms with Gasteiger partial charge in [-0.2, -0.15) is 0 Å². The number of rotatable bonds is 4. The van der Waals surface area contributed by atoms with Crippen LogP contribution in [0.5, 0.6) is 0 Å². The molecule has 3 aromatic rings. The van der Waals surface area contributed by atoms with Crippen molar-refractivity contribution in [1.82, 2.24) is 9.88 Å². The maximum absolute atomic E-state index is 13.0. The topological polar surface area (TPSA) is 48.5 Å². The molecule has 1 saturated heterocycles. The molecule has 0 saturated carbocycles. The van der Waals surface area contributed by atoms with Gasteiger partial charge in [0, 0.05) is 37.6 Å². The van der Waals surface area contributed by atoms with Crippen molar-refractivity contribution in [2.75, 3.05) is 36.4 Å². The molecule has 0 radical (unpaired) electrons. The quantitative estimate of drug-likeness (QED) is 0.589. The lowest BCUT2D eigenvalue weighted by atomic mass is 10.2. The molecule has 0 aliphatic carbocycles. The molecule has 1 amide bonds. The lowest BCUT2D eigenvalue weighted by Crippen LogP contribution is -2.49. The molecule has 1 aliphatic rings. The van der Waals surface area contributed by atoms with Crippen LogP contribution in [0.4, 0.5) is 17.1 Å². The molecule has 5 nitrogen and oxygen atoms in total. The first-order valence-electron chi connectivity index (χ1n) is 9.38. The van der Waals surface area contributed by atoms with Crippen LogP contribution in [-0.2, 0) is 0 Å². The minimum Gasteiger partial charge on any atom is -0.368 e. The summed E-state index contributed by atoms with van der Waals surface area (Å²) in [6.07, 6.45) is 0. The van der Waals surface area contributed by atoms with Crippen molar-refractivity contribution in [3.63, 3.8) is 0 Å². The standard InChI is InChI=1S/C22H20Cl2N4O/c23-18-8-4-5-9-19(18)25-16-14-20(26-21(24)15-16)22(29)28-12-10-27(11-13-28)17-6-2-1-3-7-17/h1-9,14-15H,10-13H2,(H,25,26). The number of anilines is 3. The first kappa shape index (κ1) is 19.6. The van der Waals surface area contributed by atoms with E-state index in [1.54, 1.807) is 18.2 Å². The molecule has 1 N–H and O–H groups in total. The lowest BCUT2D eigenvalue weighted by molar-refractivity contribution is 0.0741. The van der Waals surface area contributed by atoms with Crippen LogP contribution in [0.15, 0.2) is 66.7 Å². The smallest absolute Gasteiger partial charge is 0.272 e. The molecule has 0 bridgehead atoms. The van der Waals surface area contributed by atoms with E-state index in [2.05, 4.69) is 27.3 Å². The Labute approximate surface area is 179 Å². The molecule has 0 spiro atoms. The number of hydrogen-bond acceptors (Lipinski definition) is 4. The maximum atomic E-state index is 13.0. The Morgan fingerprint density at radius 1 is 0.897 bits per heavy atom. The average Bonchev–Trinajstić information content (AvgIpc) is 2.75. The van der Waals surface area contributed by atoms with E-state index in [1.165, 1.54) is 5.69 Å². The van der Waals surface area contributed by atoms with Gasteiger partial charge in [-0.25, -0.2) is 4.98 Å². The second-order valence-electron chi connectivity index (χ2n) is 6.78. The number of pyridine rings is 1. The average molecular weight is 427 g/mol. The first-order valence-corrected chi connectivity index (χ1v) is 10.1. The van der Waals surface area contributed by atoms with E-state index >= 15 is 0 Å². The number of nitrogens with one attached hydrogen (secondary N) is 1. The maximum Gasteiger partial charge on any atom is 0.272 e. The highest BCUT2D eigenvalue weighted by atomic mass is 35.5. The minimum atomic E-state index is -0.123. The van der Waals surface area contributed by atoms with Crippen LogP contribution >= 0.6 is 23.2 Å². The first-order chi connectivity index (χ1) is 14.1. The molecular formula is C22H20Cl2N4O. The van der Waals surface area contributed by atoms with Gasteiger partial charge in [-0.1, -0.05) is 53.5 Å². The number of amides is 1. The zero-order valence-corrected chi connectivity index (χ0v) is 17.2. The fraction of sp³-hybridized carbons (Fsp3) is 0.182. The molecule has 1 fully saturated rings. The number of aromatic nitrogens is 1. The van der Waals surface area contributed by atoms with Gasteiger partial charge in [0.1, 0.15) is 10.8 Å². The van der Waals surface area contributed by atoms with E-state index in [9.17, 15) is 4.79 Å². The van der Waals surface area contributed by atoms with Crippen molar-refractivity contribution in [1.29, 1.82) is 0 Å². The largest absolute Gasteiger partial charge is 0.368 e. The summed E-state index contributed by atoms with van der Waals surface area (Å²) in [5, 5.41) is 4.05. The van der Waals surface area contributed by atoms with Crippen LogP contribution in [0.2, 0.25) is 10.2 Å². The second-order valence-corrected chi connectivity index (χ2v) is 7.58. The van der Waals surface area contributed by atoms with Crippen molar-refractivity contribution < 1.29 is 4.79 Å². The van der Waals surface area contributed by atoms with Gasteiger partial charge >= 0.3 is 0 Å². The van der Waals surface area contributed by atoms with E-state index in [4.69, 9.17) is 23.2 Å². The Balaban J connectivity index is 1.46. The van der Waals surface area contributed by atoms with Gasteiger partial charge < -0.3 is 15.1 Å². The SMILES string of the molecule is O=C(c1cc(Nc2ccccc2Cl)cc(Cl)n1)N1CCN(c2ccccc2)CC1. The third-order valence-corrected chi connectivity index (χ3v) is 5.38. The number of carbonyl (C=O) groups is 1. The number of para-hydroxylation sites is 2. The van der Waals surface area contributed by atoms with E-state index in [0.717, 1.165) is 18.8 Å². The van der Waals surface area contributed by atoms with Gasteiger partial charge in [-0.3, -0.25) is 4.79 Å². The van der Waals surface area contributed by atoms with Crippen LogP contribution < -0.4 is 10.2 Å². The summed E-state index contributed by atoms with van der Waals surface area (Å²) >= 11 is 12.4. The Morgan fingerprint density at radius 2 is 1.59 bits per heavy atom. The summed E-state index contributed by atoms with van der Waals surface area (Å²) in [4.78, 5) is 21.3. The van der Waals surface area contributed by atoms with E-state index in [0.29, 0.717) is 29.5 Å². The van der Waals surface area contributed by atoms with Gasteiger partial charge in [-0.15, -0.1) is 0 Å². The molecule has 0 unspecified atom stereocenters. The van der Waals surface area contributed by atoms with Gasteiger partial charge in [0.25, 0.3) is 5.91 Å². The van der Waals surface area contributed by atoms with E-state index in [1.807, 2.05) is 41.3 Å². The predicted molar refractivity (Wildman–Crippen MR) is 119 cm³/mol. The molecular weight excluding hydrogens is 407 g/mol. The molecule has 1 aromatic heterocycles. The van der Waals surface area contributed by atoms with Gasteiger partial charge in [0.15, 0.2) is 0 Å². The zero-order chi connectivity index (χ0) is 20.2. The Bertz CT molecular complexity index is 1000. The normalized spacial score (nSPS) is 14.0. The Kier molecular flexibility index (Phi) is 5.88. The Morgan fingerprint density at radius 3 is 2.31 bits per heavy atom.